The van der Waals surface area contributed by atoms with Gasteiger partial charge in [-0.15, -0.1) is 0 Å². The average molecular weight is 625 g/mol. The van der Waals surface area contributed by atoms with Crippen LogP contribution in [-0.2, 0) is 11.3 Å². The Morgan fingerprint density at radius 2 is 1.93 bits per heavy atom. The predicted molar refractivity (Wildman–Crippen MR) is 179 cm³/mol. The van der Waals surface area contributed by atoms with Crippen molar-refractivity contribution in [3.05, 3.63) is 90.4 Å². The molecule has 10 nitrogen and oxygen atoms in total. The minimum atomic E-state index is -0.359. The minimum absolute atomic E-state index is 0.114. The summed E-state index contributed by atoms with van der Waals surface area (Å²) in [6.07, 6.45) is 5.85. The van der Waals surface area contributed by atoms with Crippen LogP contribution in [0.1, 0.15) is 43.7 Å². The van der Waals surface area contributed by atoms with Crippen LogP contribution >= 0.6 is 0 Å². The zero-order valence-electron chi connectivity index (χ0n) is 26.4. The van der Waals surface area contributed by atoms with Crippen molar-refractivity contribution < 1.29 is 14.0 Å². The van der Waals surface area contributed by atoms with Gasteiger partial charge < -0.3 is 25.8 Å². The first-order valence-corrected chi connectivity index (χ1v) is 15.7. The molecule has 240 valence electrons. The molecule has 0 spiro atoms. The first-order valence-electron chi connectivity index (χ1n) is 15.7. The molecule has 1 saturated carbocycles. The SMILES string of the molecule is C=CC(=O)Nc1cc(N(C(=O)NCc2cccc(F)c2)C2CCC(Nc3ccc(C#N)cn3)CC2)ccc1N1CCN(C)[C@@H](C)C1. The number of pyridine rings is 1. The van der Waals surface area contributed by atoms with Crippen LogP contribution in [0.4, 0.5) is 32.1 Å². The molecule has 0 bridgehead atoms. The number of rotatable bonds is 9. The Bertz CT molecular complexity index is 1580. The molecule has 3 amide bonds. The number of benzene rings is 2. The number of piperazine rings is 1. The van der Waals surface area contributed by atoms with E-state index in [1.54, 1.807) is 35.4 Å². The quantitative estimate of drug-likeness (QED) is 0.270. The van der Waals surface area contributed by atoms with Crippen molar-refractivity contribution >= 4 is 34.8 Å². The monoisotopic (exact) mass is 624 g/mol. The third kappa shape index (κ3) is 8.00. The zero-order chi connectivity index (χ0) is 32.6. The number of amides is 3. The third-order valence-electron chi connectivity index (χ3n) is 8.86. The van der Waals surface area contributed by atoms with E-state index in [2.05, 4.69) is 57.4 Å². The molecule has 1 saturated heterocycles. The van der Waals surface area contributed by atoms with Crippen molar-refractivity contribution in [2.24, 2.45) is 0 Å². The summed E-state index contributed by atoms with van der Waals surface area (Å²) in [7, 11) is 2.11. The first-order chi connectivity index (χ1) is 22.2. The molecule has 0 unspecified atom stereocenters. The molecule has 0 radical (unpaired) electrons. The summed E-state index contributed by atoms with van der Waals surface area (Å²) in [5.74, 6) is 0.0248. The van der Waals surface area contributed by atoms with Gasteiger partial charge in [-0.1, -0.05) is 18.7 Å². The number of carbonyl (C=O) groups excluding carboxylic acids is 2. The van der Waals surface area contributed by atoms with Crippen molar-refractivity contribution in [3.63, 3.8) is 0 Å². The molecule has 11 heteroatoms. The molecule has 1 atom stereocenters. The predicted octanol–water partition coefficient (Wildman–Crippen LogP) is 5.50. The summed E-state index contributed by atoms with van der Waals surface area (Å²) in [4.78, 5) is 37.2. The first kappa shape index (κ1) is 32.4. The number of nitriles is 1. The second-order valence-electron chi connectivity index (χ2n) is 12.0. The van der Waals surface area contributed by atoms with Crippen molar-refractivity contribution in [2.75, 3.05) is 47.1 Å². The Hall–Kier alpha value is -4.95. The van der Waals surface area contributed by atoms with Crippen molar-refractivity contribution in [3.8, 4) is 6.07 Å². The van der Waals surface area contributed by atoms with E-state index in [-0.39, 0.29) is 36.4 Å². The Morgan fingerprint density at radius 3 is 2.61 bits per heavy atom. The number of likely N-dealkylation sites (N-methyl/N-ethyl adjacent to an activating group) is 1. The molecule has 1 aromatic heterocycles. The van der Waals surface area contributed by atoms with Gasteiger partial charge in [0.15, 0.2) is 0 Å². The lowest BCUT2D eigenvalue weighted by Crippen LogP contribution is -2.50. The van der Waals surface area contributed by atoms with Crippen LogP contribution < -0.4 is 25.8 Å². The number of halogens is 1. The fourth-order valence-electron chi connectivity index (χ4n) is 6.14. The molecular weight excluding hydrogens is 583 g/mol. The summed E-state index contributed by atoms with van der Waals surface area (Å²) in [5.41, 5.74) is 3.33. The fraction of sp³-hybridized carbons (Fsp3) is 0.371. The van der Waals surface area contributed by atoms with Crippen LogP contribution in [0, 0.1) is 17.1 Å². The smallest absolute Gasteiger partial charge is 0.322 e. The molecule has 2 fully saturated rings. The van der Waals surface area contributed by atoms with Crippen LogP contribution in [0.2, 0.25) is 0 Å². The number of urea groups is 1. The van der Waals surface area contributed by atoms with Crippen LogP contribution in [0.15, 0.2) is 73.4 Å². The molecule has 2 aliphatic rings. The topological polar surface area (TPSA) is 117 Å². The van der Waals surface area contributed by atoms with E-state index in [0.717, 1.165) is 51.0 Å². The highest BCUT2D eigenvalue weighted by Gasteiger charge is 2.31. The van der Waals surface area contributed by atoms with Gasteiger partial charge in [0.05, 0.1) is 16.9 Å². The van der Waals surface area contributed by atoms with E-state index in [1.165, 1.54) is 18.2 Å². The number of anilines is 4. The Labute approximate surface area is 269 Å². The molecule has 2 aromatic carbocycles. The van der Waals surface area contributed by atoms with Gasteiger partial charge in [0.2, 0.25) is 5.91 Å². The largest absolute Gasteiger partial charge is 0.367 e. The van der Waals surface area contributed by atoms with Crippen LogP contribution in [0.3, 0.4) is 0 Å². The van der Waals surface area contributed by atoms with E-state index in [9.17, 15) is 14.0 Å². The second-order valence-corrected chi connectivity index (χ2v) is 12.0. The Morgan fingerprint density at radius 1 is 1.13 bits per heavy atom. The number of aromatic nitrogens is 1. The lowest BCUT2D eigenvalue weighted by atomic mass is 9.89. The maximum Gasteiger partial charge on any atom is 0.322 e. The molecule has 1 aliphatic carbocycles. The molecule has 3 N–H and O–H groups in total. The molecular formula is C35H41FN8O2. The lowest BCUT2D eigenvalue weighted by Gasteiger charge is -2.40. The van der Waals surface area contributed by atoms with Gasteiger partial charge in [-0.25, -0.2) is 14.2 Å². The normalized spacial score (nSPS) is 19.9. The number of hydrogen-bond acceptors (Lipinski definition) is 7. The summed E-state index contributed by atoms with van der Waals surface area (Å²) in [6, 6.07) is 17.7. The lowest BCUT2D eigenvalue weighted by molar-refractivity contribution is -0.111. The summed E-state index contributed by atoms with van der Waals surface area (Å²) in [5, 5.41) is 18.5. The highest BCUT2D eigenvalue weighted by Crippen LogP contribution is 2.36. The minimum Gasteiger partial charge on any atom is -0.367 e. The maximum absolute atomic E-state index is 13.9. The van der Waals surface area contributed by atoms with Crippen LogP contribution in [0.25, 0.3) is 0 Å². The van der Waals surface area contributed by atoms with Gasteiger partial charge in [-0.2, -0.15) is 5.26 Å². The van der Waals surface area contributed by atoms with Gasteiger partial charge in [-0.05, 0) is 93.8 Å². The van der Waals surface area contributed by atoms with Gasteiger partial charge in [-0.3, -0.25) is 9.69 Å². The van der Waals surface area contributed by atoms with Crippen LogP contribution in [0.5, 0.6) is 0 Å². The fourth-order valence-corrected chi connectivity index (χ4v) is 6.14. The van der Waals surface area contributed by atoms with Gasteiger partial charge in [0.1, 0.15) is 17.7 Å². The van der Waals surface area contributed by atoms with Crippen molar-refractivity contribution in [2.45, 2.75) is 57.3 Å². The Kier molecular flexibility index (Phi) is 10.5. The van der Waals surface area contributed by atoms with Crippen molar-refractivity contribution in [1.82, 2.24) is 15.2 Å². The van der Waals surface area contributed by atoms with E-state index in [0.29, 0.717) is 34.4 Å². The van der Waals surface area contributed by atoms with Gasteiger partial charge in [0, 0.05) is 56.2 Å². The summed E-state index contributed by atoms with van der Waals surface area (Å²) >= 11 is 0. The van der Waals surface area contributed by atoms with E-state index >= 15 is 0 Å². The highest BCUT2D eigenvalue weighted by atomic mass is 19.1. The average Bonchev–Trinajstić information content (AvgIpc) is 3.06. The molecule has 3 aromatic rings. The molecule has 1 aliphatic heterocycles. The van der Waals surface area contributed by atoms with E-state index < -0.39 is 0 Å². The third-order valence-corrected chi connectivity index (χ3v) is 8.86. The van der Waals surface area contributed by atoms with Gasteiger partial charge >= 0.3 is 6.03 Å². The van der Waals surface area contributed by atoms with Crippen molar-refractivity contribution in [1.29, 1.82) is 5.26 Å². The second kappa shape index (κ2) is 14.9. The maximum atomic E-state index is 13.9. The number of nitrogens with zero attached hydrogens (tertiary/aromatic N) is 5. The zero-order valence-corrected chi connectivity index (χ0v) is 26.4. The standard InChI is InChI=1S/C35H41FN8O2/c1-4-34(45)41-31-19-30(13-14-32(31)43-17-16-42(3)24(2)23-43)44(35(46)39-21-25-6-5-7-27(36)18-25)29-11-9-28(10-12-29)40-33-15-8-26(20-37)22-38-33/h4-8,13-15,18-19,22,24,28-29H,1,9-12,16-17,21,23H2,2-3H3,(H,38,40)(H,39,46)(H,41,45)/t24-,28?,29?/m0/s1. The van der Waals surface area contributed by atoms with E-state index in [4.69, 9.17) is 5.26 Å². The van der Waals surface area contributed by atoms with E-state index in [1.807, 2.05) is 18.2 Å². The molecule has 2 heterocycles. The number of carbonyl (C=O) groups is 2. The molecule has 5 rings (SSSR count). The number of hydrogen-bond donors (Lipinski definition) is 3. The van der Waals surface area contributed by atoms with Crippen LogP contribution in [-0.4, -0.2) is 66.6 Å². The van der Waals surface area contributed by atoms with Gasteiger partial charge in [0.25, 0.3) is 0 Å². The molecule has 46 heavy (non-hydrogen) atoms. The highest BCUT2D eigenvalue weighted by molar-refractivity contribution is 6.02. The summed E-state index contributed by atoms with van der Waals surface area (Å²) < 4.78 is 13.9. The summed E-state index contributed by atoms with van der Waals surface area (Å²) in [6.45, 7) is 8.47. The Balaban J connectivity index is 1.39. The number of nitrogens with one attached hydrogen (secondary N) is 3.